The normalized spacial score (nSPS) is 11.2. The van der Waals surface area contributed by atoms with Gasteiger partial charge in [0, 0.05) is 27.5 Å². The van der Waals surface area contributed by atoms with Gasteiger partial charge in [0.05, 0.1) is 11.6 Å². The minimum Gasteiger partial charge on any atom is -0.489 e. The van der Waals surface area contributed by atoms with Crippen LogP contribution in [0.1, 0.15) is 25.7 Å². The van der Waals surface area contributed by atoms with Crippen LogP contribution in [0.4, 0.5) is 4.39 Å². The van der Waals surface area contributed by atoms with E-state index in [0.29, 0.717) is 40.7 Å². The van der Waals surface area contributed by atoms with Gasteiger partial charge in [0.1, 0.15) is 23.1 Å². The van der Waals surface area contributed by atoms with Crippen LogP contribution in [-0.2, 0) is 19.6 Å². The van der Waals surface area contributed by atoms with E-state index < -0.39 is 5.97 Å². The smallest absolute Gasteiger partial charge is 0.345 e. The van der Waals surface area contributed by atoms with Crippen molar-refractivity contribution in [1.29, 1.82) is 0 Å². The molecule has 8 heteroatoms. The Morgan fingerprint density at radius 2 is 2.00 bits per heavy atom. The van der Waals surface area contributed by atoms with Gasteiger partial charge < -0.3 is 20.1 Å². The third-order valence-corrected chi connectivity index (χ3v) is 6.37. The maximum atomic E-state index is 13.2. The Morgan fingerprint density at radius 1 is 1.16 bits per heavy atom. The molecule has 0 unspecified atom stereocenters. The van der Waals surface area contributed by atoms with Crippen LogP contribution in [-0.4, -0.2) is 22.2 Å². The molecule has 0 saturated heterocycles. The Balaban J connectivity index is 1.60. The van der Waals surface area contributed by atoms with Crippen LogP contribution >= 0.6 is 22.9 Å². The average molecular weight is 459 g/mol. The van der Waals surface area contributed by atoms with Crippen LogP contribution < -0.4 is 10.5 Å². The first-order valence-corrected chi connectivity index (χ1v) is 10.8. The lowest BCUT2D eigenvalue weighted by atomic mass is 10.1. The van der Waals surface area contributed by atoms with Gasteiger partial charge in [-0.25, -0.2) is 9.18 Å². The molecular formula is C23H20ClFN2O3S. The summed E-state index contributed by atoms with van der Waals surface area (Å²) >= 11 is 7.36. The minimum absolute atomic E-state index is 0.227. The largest absolute Gasteiger partial charge is 0.489 e. The Morgan fingerprint density at radius 3 is 2.71 bits per heavy atom. The molecule has 2 aromatic heterocycles. The molecule has 160 valence electrons. The summed E-state index contributed by atoms with van der Waals surface area (Å²) in [5.74, 6) is -0.627. The van der Waals surface area contributed by atoms with E-state index in [4.69, 9.17) is 27.2 Å². The topological polar surface area (TPSA) is 77.5 Å². The molecule has 4 aromatic rings. The molecule has 5 nitrogen and oxygen atoms in total. The number of hydrogen-bond donors (Lipinski definition) is 2. The number of nitrogens with two attached hydrogens (primary N) is 1. The van der Waals surface area contributed by atoms with E-state index in [1.807, 2.05) is 24.3 Å². The number of halogens is 2. The maximum absolute atomic E-state index is 13.2. The van der Waals surface area contributed by atoms with Gasteiger partial charge in [0.15, 0.2) is 0 Å². The molecule has 0 saturated carbocycles. The number of thiophene rings is 1. The number of aromatic nitrogens is 1. The predicted molar refractivity (Wildman–Crippen MR) is 121 cm³/mol. The summed E-state index contributed by atoms with van der Waals surface area (Å²) in [6, 6.07) is 13.5. The zero-order chi connectivity index (χ0) is 22.0. The van der Waals surface area contributed by atoms with Gasteiger partial charge in [-0.15, -0.1) is 11.3 Å². The van der Waals surface area contributed by atoms with Gasteiger partial charge in [0.25, 0.3) is 0 Å². The molecule has 0 radical (unpaired) electrons. The van der Waals surface area contributed by atoms with Crippen LogP contribution in [0.15, 0.2) is 54.7 Å². The number of fused-ring (bicyclic) bond motifs is 1. The number of rotatable bonds is 8. The van der Waals surface area contributed by atoms with Gasteiger partial charge in [-0.2, -0.15) is 0 Å². The fourth-order valence-corrected chi connectivity index (χ4v) is 4.54. The van der Waals surface area contributed by atoms with Crippen molar-refractivity contribution in [2.24, 2.45) is 5.73 Å². The highest BCUT2D eigenvalue weighted by molar-refractivity contribution is 7.13. The number of carboxylic acid groups (broad SMARTS) is 1. The van der Waals surface area contributed by atoms with E-state index in [2.05, 4.69) is 10.8 Å². The van der Waals surface area contributed by atoms with Crippen molar-refractivity contribution < 1.29 is 19.0 Å². The van der Waals surface area contributed by atoms with Crippen molar-refractivity contribution in [3.05, 3.63) is 86.4 Å². The first-order valence-electron chi connectivity index (χ1n) is 9.65. The molecule has 0 atom stereocenters. The number of benzene rings is 2. The monoisotopic (exact) mass is 458 g/mol. The fourth-order valence-electron chi connectivity index (χ4n) is 3.47. The summed E-state index contributed by atoms with van der Waals surface area (Å²) in [6.07, 6.45) is 2.76. The standard InChI is InChI=1S/C23H20ClFN2O3S/c24-20-9-16(25)2-1-15(20)13-30-17-3-5-21-19(10-17)14(7-8-26)11-27(21)12-18-4-6-22(31-18)23(28)29/h1-6,9-11H,7-8,12-13,26H2,(H,28,29). The Kier molecular flexibility index (Phi) is 6.27. The van der Waals surface area contributed by atoms with Gasteiger partial charge in [-0.05, 0) is 61.0 Å². The predicted octanol–water partition coefficient (Wildman–Crippen LogP) is 5.32. The summed E-state index contributed by atoms with van der Waals surface area (Å²) in [5, 5.41) is 10.5. The zero-order valence-electron chi connectivity index (χ0n) is 16.5. The highest BCUT2D eigenvalue weighted by atomic mass is 35.5. The fraction of sp³-hybridized carbons (Fsp3) is 0.174. The first-order chi connectivity index (χ1) is 14.9. The summed E-state index contributed by atoms with van der Waals surface area (Å²) in [7, 11) is 0. The molecule has 0 aliphatic rings. The van der Waals surface area contributed by atoms with E-state index in [1.54, 1.807) is 12.1 Å². The van der Waals surface area contributed by atoms with E-state index in [9.17, 15) is 9.18 Å². The third-order valence-electron chi connectivity index (χ3n) is 4.96. The van der Waals surface area contributed by atoms with Crippen molar-refractivity contribution in [2.75, 3.05) is 6.54 Å². The molecule has 0 aliphatic carbocycles. The molecule has 2 aromatic carbocycles. The number of ether oxygens (including phenoxy) is 1. The molecule has 31 heavy (non-hydrogen) atoms. The SMILES string of the molecule is NCCc1cn(Cc2ccc(C(=O)O)s2)c2ccc(OCc3ccc(F)cc3Cl)cc12. The second-order valence-corrected chi connectivity index (χ2v) is 8.67. The van der Waals surface area contributed by atoms with Crippen LogP contribution in [0.2, 0.25) is 5.02 Å². The van der Waals surface area contributed by atoms with E-state index in [-0.39, 0.29) is 12.4 Å². The van der Waals surface area contributed by atoms with Crippen LogP contribution in [0, 0.1) is 5.82 Å². The van der Waals surface area contributed by atoms with Crippen molar-refractivity contribution in [3.63, 3.8) is 0 Å². The van der Waals surface area contributed by atoms with Crippen molar-refractivity contribution in [2.45, 2.75) is 19.6 Å². The molecule has 4 rings (SSSR count). The van der Waals surface area contributed by atoms with Crippen LogP contribution in [0.25, 0.3) is 10.9 Å². The van der Waals surface area contributed by atoms with E-state index >= 15 is 0 Å². The number of carbonyl (C=O) groups is 1. The highest BCUT2D eigenvalue weighted by Gasteiger charge is 2.13. The first kappa shape index (κ1) is 21.4. The summed E-state index contributed by atoms with van der Waals surface area (Å²) in [6.45, 7) is 1.31. The second-order valence-electron chi connectivity index (χ2n) is 7.10. The second kappa shape index (κ2) is 9.09. The molecular weight excluding hydrogens is 439 g/mol. The van der Waals surface area contributed by atoms with Gasteiger partial charge >= 0.3 is 5.97 Å². The molecule has 0 spiro atoms. The van der Waals surface area contributed by atoms with Crippen LogP contribution in [0.3, 0.4) is 0 Å². The van der Waals surface area contributed by atoms with Crippen molar-refractivity contribution in [3.8, 4) is 5.75 Å². The highest BCUT2D eigenvalue weighted by Crippen LogP contribution is 2.29. The number of hydrogen-bond acceptors (Lipinski definition) is 4. The molecule has 3 N–H and O–H groups in total. The van der Waals surface area contributed by atoms with Gasteiger partial charge in [-0.3, -0.25) is 0 Å². The van der Waals surface area contributed by atoms with E-state index in [1.165, 1.54) is 23.5 Å². The molecule has 0 amide bonds. The summed E-state index contributed by atoms with van der Waals surface area (Å²) in [4.78, 5) is 12.4. The molecule has 0 fully saturated rings. The van der Waals surface area contributed by atoms with Crippen molar-refractivity contribution in [1.82, 2.24) is 4.57 Å². The Labute approximate surface area is 187 Å². The summed E-state index contributed by atoms with van der Waals surface area (Å²) in [5.41, 5.74) is 8.62. The van der Waals surface area contributed by atoms with Crippen LogP contribution in [0.5, 0.6) is 5.75 Å². The molecule has 0 aliphatic heterocycles. The summed E-state index contributed by atoms with van der Waals surface area (Å²) < 4.78 is 21.2. The lowest BCUT2D eigenvalue weighted by molar-refractivity contribution is 0.0702. The third kappa shape index (κ3) is 4.74. The lowest BCUT2D eigenvalue weighted by Crippen LogP contribution is -2.02. The van der Waals surface area contributed by atoms with Gasteiger partial charge in [0.2, 0.25) is 0 Å². The maximum Gasteiger partial charge on any atom is 0.345 e. The molecule has 2 heterocycles. The zero-order valence-corrected chi connectivity index (χ0v) is 18.0. The minimum atomic E-state index is -0.916. The van der Waals surface area contributed by atoms with Crippen molar-refractivity contribution >= 4 is 39.8 Å². The molecule has 0 bridgehead atoms. The Hall–Kier alpha value is -2.87. The quantitative estimate of drug-likeness (QED) is 0.374. The Bertz CT molecular complexity index is 1250. The van der Waals surface area contributed by atoms with E-state index in [0.717, 1.165) is 21.3 Å². The average Bonchev–Trinajstić information content (AvgIpc) is 3.33. The number of nitrogens with zero attached hydrogens (tertiary/aromatic N) is 1. The number of carboxylic acids is 1. The number of aromatic carboxylic acids is 1. The van der Waals surface area contributed by atoms with Gasteiger partial charge in [-0.1, -0.05) is 17.7 Å². The lowest BCUT2D eigenvalue weighted by Gasteiger charge is -2.09.